The number of piperidine rings is 1. The Morgan fingerprint density at radius 1 is 1.44 bits per heavy atom. The zero-order valence-corrected chi connectivity index (χ0v) is 14.6. The quantitative estimate of drug-likeness (QED) is 0.825. The van der Waals surface area contributed by atoms with E-state index in [1.807, 2.05) is 13.8 Å². The molecule has 0 aliphatic carbocycles. The van der Waals surface area contributed by atoms with Gasteiger partial charge in [0.1, 0.15) is 17.7 Å². The van der Waals surface area contributed by atoms with Crippen molar-refractivity contribution < 1.29 is 23.8 Å². The molecule has 0 radical (unpaired) electrons. The summed E-state index contributed by atoms with van der Waals surface area (Å²) >= 11 is 0. The maximum absolute atomic E-state index is 13.2. The number of nitrogens with zero attached hydrogens (tertiary/aromatic N) is 1. The van der Waals surface area contributed by atoms with Crippen LogP contribution in [-0.4, -0.2) is 47.7 Å². The predicted molar refractivity (Wildman–Crippen MR) is 91.0 cm³/mol. The molecular weight excluding hydrogens is 327 g/mol. The van der Waals surface area contributed by atoms with Crippen molar-refractivity contribution >= 4 is 12.0 Å². The van der Waals surface area contributed by atoms with E-state index in [0.717, 1.165) is 0 Å². The van der Waals surface area contributed by atoms with E-state index < -0.39 is 11.9 Å². The third-order valence-corrected chi connectivity index (χ3v) is 4.33. The van der Waals surface area contributed by atoms with E-state index >= 15 is 0 Å². The van der Waals surface area contributed by atoms with Crippen LogP contribution in [0.5, 0.6) is 5.75 Å². The number of likely N-dealkylation sites (tertiary alicyclic amines) is 1. The van der Waals surface area contributed by atoms with Gasteiger partial charge in [0.15, 0.2) is 0 Å². The lowest BCUT2D eigenvalue weighted by Gasteiger charge is -2.34. The highest BCUT2D eigenvalue weighted by atomic mass is 19.1. The van der Waals surface area contributed by atoms with Gasteiger partial charge in [-0.05, 0) is 30.9 Å². The van der Waals surface area contributed by atoms with Gasteiger partial charge < -0.3 is 20.1 Å². The molecule has 1 aromatic rings. The number of carboxylic acids is 1. The largest absolute Gasteiger partial charge is 0.489 e. The predicted octanol–water partition coefficient (Wildman–Crippen LogP) is 2.74. The minimum atomic E-state index is -0.870. The van der Waals surface area contributed by atoms with Crippen LogP contribution < -0.4 is 10.1 Å². The minimum Gasteiger partial charge on any atom is -0.489 e. The lowest BCUT2D eigenvalue weighted by molar-refractivity contribution is -0.143. The van der Waals surface area contributed by atoms with Gasteiger partial charge in [-0.3, -0.25) is 4.79 Å². The first-order valence-corrected chi connectivity index (χ1v) is 8.56. The third kappa shape index (κ3) is 5.62. The molecule has 2 amide bonds. The highest BCUT2D eigenvalue weighted by Gasteiger charge is 2.32. The van der Waals surface area contributed by atoms with Gasteiger partial charge >= 0.3 is 12.0 Å². The second kappa shape index (κ2) is 8.69. The van der Waals surface area contributed by atoms with Crippen LogP contribution >= 0.6 is 0 Å². The Morgan fingerprint density at radius 2 is 2.20 bits per heavy atom. The summed E-state index contributed by atoms with van der Waals surface area (Å²) in [5, 5.41) is 12.0. The van der Waals surface area contributed by atoms with Gasteiger partial charge in [-0.1, -0.05) is 19.9 Å². The van der Waals surface area contributed by atoms with E-state index in [2.05, 4.69) is 5.32 Å². The van der Waals surface area contributed by atoms with Gasteiger partial charge in [0.25, 0.3) is 0 Å². The number of halogens is 1. The number of ether oxygens (including phenoxy) is 1. The fourth-order valence-electron chi connectivity index (χ4n) is 3.01. The SMILES string of the molecule is CCC(CNC(=O)N1CC(C)CC(C(=O)O)C1)Oc1cccc(F)c1. The third-order valence-electron chi connectivity index (χ3n) is 4.33. The Kier molecular flexibility index (Phi) is 6.61. The summed E-state index contributed by atoms with van der Waals surface area (Å²) in [4.78, 5) is 25.1. The summed E-state index contributed by atoms with van der Waals surface area (Å²) in [6, 6.07) is 5.58. The molecule has 1 heterocycles. The molecule has 0 bridgehead atoms. The van der Waals surface area contributed by atoms with E-state index in [-0.39, 0.29) is 37.0 Å². The Balaban J connectivity index is 1.87. The van der Waals surface area contributed by atoms with Crippen LogP contribution in [0.25, 0.3) is 0 Å². The number of benzene rings is 1. The van der Waals surface area contributed by atoms with Crippen molar-refractivity contribution in [3.05, 3.63) is 30.1 Å². The maximum Gasteiger partial charge on any atom is 0.317 e. The van der Waals surface area contributed by atoms with Crippen LogP contribution in [-0.2, 0) is 4.79 Å². The second-order valence-electron chi connectivity index (χ2n) is 6.57. The molecule has 2 rings (SSSR count). The summed E-state index contributed by atoms with van der Waals surface area (Å²) in [6.45, 7) is 4.88. The van der Waals surface area contributed by atoms with Crippen molar-refractivity contribution in [1.29, 1.82) is 0 Å². The Bertz CT molecular complexity index is 610. The number of rotatable bonds is 6. The van der Waals surface area contributed by atoms with E-state index in [4.69, 9.17) is 4.74 Å². The number of aliphatic carboxylic acids is 1. The van der Waals surface area contributed by atoms with Crippen LogP contribution in [0.4, 0.5) is 9.18 Å². The summed E-state index contributed by atoms with van der Waals surface area (Å²) in [7, 11) is 0. The molecule has 1 saturated heterocycles. The number of carbonyl (C=O) groups excluding carboxylic acids is 1. The standard InChI is InChI=1S/C18H25FN2O4/c1-3-15(25-16-6-4-5-14(19)8-16)9-20-18(24)21-10-12(2)7-13(11-21)17(22)23/h4-6,8,12-13,15H,3,7,9-11H2,1-2H3,(H,20,24)(H,22,23). The average Bonchev–Trinajstić information content (AvgIpc) is 2.57. The van der Waals surface area contributed by atoms with Gasteiger partial charge in [0.2, 0.25) is 0 Å². The van der Waals surface area contributed by atoms with E-state index in [1.165, 1.54) is 12.1 Å². The topological polar surface area (TPSA) is 78.9 Å². The molecule has 1 aliphatic heterocycles. The monoisotopic (exact) mass is 352 g/mol. The van der Waals surface area contributed by atoms with Crippen LogP contribution in [0.1, 0.15) is 26.7 Å². The molecule has 3 unspecified atom stereocenters. The first-order chi connectivity index (χ1) is 11.9. The molecule has 25 heavy (non-hydrogen) atoms. The fourth-order valence-corrected chi connectivity index (χ4v) is 3.01. The van der Waals surface area contributed by atoms with Crippen LogP contribution in [0.3, 0.4) is 0 Å². The molecule has 0 saturated carbocycles. The molecule has 7 heteroatoms. The lowest BCUT2D eigenvalue weighted by atomic mass is 9.91. The van der Waals surface area contributed by atoms with Crippen molar-refractivity contribution in [3.8, 4) is 5.75 Å². The highest BCUT2D eigenvalue weighted by molar-refractivity contribution is 5.76. The number of nitrogens with one attached hydrogen (secondary N) is 1. The van der Waals surface area contributed by atoms with Gasteiger partial charge in [0, 0.05) is 19.2 Å². The molecule has 2 N–H and O–H groups in total. The van der Waals surface area contributed by atoms with Gasteiger partial charge in [-0.25, -0.2) is 9.18 Å². The van der Waals surface area contributed by atoms with Gasteiger partial charge in [-0.15, -0.1) is 0 Å². The molecule has 138 valence electrons. The lowest BCUT2D eigenvalue weighted by Crippen LogP contribution is -2.51. The van der Waals surface area contributed by atoms with E-state index in [9.17, 15) is 19.1 Å². The first-order valence-electron chi connectivity index (χ1n) is 8.56. The van der Waals surface area contributed by atoms with Gasteiger partial charge in [0.05, 0.1) is 12.5 Å². The highest BCUT2D eigenvalue weighted by Crippen LogP contribution is 2.22. The van der Waals surface area contributed by atoms with Crippen LogP contribution in [0.2, 0.25) is 0 Å². The summed E-state index contributed by atoms with van der Waals surface area (Å²) in [6.07, 6.45) is 0.938. The first kappa shape index (κ1) is 19.0. The molecule has 0 spiro atoms. The number of hydrogen-bond donors (Lipinski definition) is 2. The van der Waals surface area contributed by atoms with Crippen molar-refractivity contribution in [3.63, 3.8) is 0 Å². The second-order valence-corrected chi connectivity index (χ2v) is 6.57. The number of carboxylic acid groups (broad SMARTS) is 1. The molecule has 0 aromatic heterocycles. The molecular formula is C18H25FN2O4. The van der Waals surface area contributed by atoms with Crippen molar-refractivity contribution in [1.82, 2.24) is 10.2 Å². The zero-order chi connectivity index (χ0) is 18.4. The Hall–Kier alpha value is -2.31. The average molecular weight is 352 g/mol. The summed E-state index contributed by atoms with van der Waals surface area (Å²) in [5.74, 6) is -1.21. The molecule has 6 nitrogen and oxygen atoms in total. The number of urea groups is 1. The molecule has 3 atom stereocenters. The minimum absolute atomic E-state index is 0.145. The van der Waals surface area contributed by atoms with Crippen LogP contribution in [0.15, 0.2) is 24.3 Å². The van der Waals surface area contributed by atoms with Crippen molar-refractivity contribution in [2.24, 2.45) is 11.8 Å². The summed E-state index contributed by atoms with van der Waals surface area (Å²) < 4.78 is 18.9. The number of carbonyl (C=O) groups is 2. The fraction of sp³-hybridized carbons (Fsp3) is 0.556. The molecule has 1 fully saturated rings. The van der Waals surface area contributed by atoms with Crippen molar-refractivity contribution in [2.75, 3.05) is 19.6 Å². The Labute approximate surface area is 147 Å². The van der Waals surface area contributed by atoms with E-state index in [0.29, 0.717) is 25.1 Å². The van der Waals surface area contributed by atoms with E-state index in [1.54, 1.807) is 17.0 Å². The number of hydrogen-bond acceptors (Lipinski definition) is 3. The van der Waals surface area contributed by atoms with Crippen LogP contribution in [0, 0.1) is 17.7 Å². The number of amides is 2. The zero-order valence-electron chi connectivity index (χ0n) is 14.6. The van der Waals surface area contributed by atoms with Gasteiger partial charge in [-0.2, -0.15) is 0 Å². The summed E-state index contributed by atoms with van der Waals surface area (Å²) in [5.41, 5.74) is 0. The van der Waals surface area contributed by atoms with Crippen molar-refractivity contribution in [2.45, 2.75) is 32.8 Å². The molecule has 1 aliphatic rings. The maximum atomic E-state index is 13.2. The smallest absolute Gasteiger partial charge is 0.317 e. The molecule has 1 aromatic carbocycles. The Morgan fingerprint density at radius 3 is 2.84 bits per heavy atom. The normalized spacial score (nSPS) is 21.5.